The van der Waals surface area contributed by atoms with Crippen molar-refractivity contribution in [1.82, 2.24) is 40.0 Å². The molecule has 3 N–H and O–H groups in total. The summed E-state index contributed by atoms with van der Waals surface area (Å²) < 4.78 is 13.7. The van der Waals surface area contributed by atoms with Crippen LogP contribution in [0.2, 0.25) is 0 Å². The van der Waals surface area contributed by atoms with Crippen molar-refractivity contribution in [2.45, 2.75) is 97.7 Å². The van der Waals surface area contributed by atoms with Crippen LogP contribution in [0.5, 0.6) is 5.75 Å². The number of aryl methyl sites for hydroxylation is 1. The molecule has 4 aliphatic heterocycles. The van der Waals surface area contributed by atoms with Crippen LogP contribution in [0.1, 0.15) is 83.5 Å². The van der Waals surface area contributed by atoms with E-state index in [1.165, 1.54) is 9.91 Å². The Morgan fingerprint density at radius 3 is 2.52 bits per heavy atom. The van der Waals surface area contributed by atoms with Gasteiger partial charge in [0.25, 0.3) is 11.8 Å². The molecule has 0 radical (unpaired) electrons. The fourth-order valence-electron chi connectivity index (χ4n) is 10.7. The van der Waals surface area contributed by atoms with Crippen LogP contribution in [0.25, 0.3) is 33.3 Å². The van der Waals surface area contributed by atoms with Crippen LogP contribution in [0.15, 0.2) is 54.7 Å². The van der Waals surface area contributed by atoms with Crippen molar-refractivity contribution in [3.05, 3.63) is 71.5 Å². The highest BCUT2D eigenvalue weighted by molar-refractivity contribution is 5.97. The second-order valence-electron chi connectivity index (χ2n) is 21.2. The summed E-state index contributed by atoms with van der Waals surface area (Å²) in [6, 6.07) is 12.6. The average molecular weight is 971 g/mol. The van der Waals surface area contributed by atoms with Gasteiger partial charge in [0.15, 0.2) is 0 Å². The lowest BCUT2D eigenvalue weighted by Gasteiger charge is -2.37. The number of cyclic esters (lactones) is 1. The van der Waals surface area contributed by atoms with E-state index in [-0.39, 0.29) is 55.5 Å². The number of nitrogens with zero attached hydrogens (tertiary/aromatic N) is 6. The number of benzene rings is 2. The van der Waals surface area contributed by atoms with Crippen LogP contribution in [-0.4, -0.2) is 148 Å². The third kappa shape index (κ3) is 11.4. The molecule has 3 saturated heterocycles. The van der Waals surface area contributed by atoms with Crippen LogP contribution in [0.3, 0.4) is 0 Å². The number of morpholine rings is 1. The number of amides is 4. The number of esters is 1. The lowest BCUT2D eigenvalue weighted by molar-refractivity contribution is -0.155. The van der Waals surface area contributed by atoms with Crippen molar-refractivity contribution >= 4 is 40.5 Å². The van der Waals surface area contributed by atoms with Crippen LogP contribution in [-0.2, 0) is 53.3 Å². The zero-order chi connectivity index (χ0) is 50.7. The van der Waals surface area contributed by atoms with E-state index in [1.54, 1.807) is 24.1 Å². The Morgan fingerprint density at radius 2 is 1.77 bits per heavy atom. The van der Waals surface area contributed by atoms with Crippen molar-refractivity contribution in [2.24, 2.45) is 24.3 Å². The summed E-state index contributed by atoms with van der Waals surface area (Å²) in [4.78, 5) is 80.6. The van der Waals surface area contributed by atoms with Crippen molar-refractivity contribution in [3.63, 3.8) is 0 Å². The summed E-state index contributed by atoms with van der Waals surface area (Å²) in [5.41, 5.74) is 9.91. The van der Waals surface area contributed by atoms with Gasteiger partial charge in [-0.25, -0.2) is 5.43 Å². The first kappa shape index (κ1) is 51.1. The number of hydrogen-bond donors (Lipinski definition) is 3. The average Bonchev–Trinajstić information content (AvgIpc) is 3.95. The molecule has 4 amide bonds. The lowest BCUT2D eigenvalue weighted by atomic mass is 9.83. The second-order valence-corrected chi connectivity index (χ2v) is 21.2. The Bertz CT molecular complexity index is 2730. The largest absolute Gasteiger partial charge is 0.508 e. The van der Waals surface area contributed by atoms with E-state index in [4.69, 9.17) is 14.5 Å². The summed E-state index contributed by atoms with van der Waals surface area (Å²) in [6.07, 6.45) is 3.76. The number of fused-ring (bicyclic) bond motifs is 6. The number of carbonyl (C=O) groups excluding carboxylic acids is 5. The Hall–Kier alpha value is -6.28. The van der Waals surface area contributed by atoms with Crippen molar-refractivity contribution in [3.8, 4) is 40.0 Å². The van der Waals surface area contributed by atoms with Crippen LogP contribution >= 0.6 is 0 Å². The predicted molar refractivity (Wildman–Crippen MR) is 270 cm³/mol. The molecule has 6 bridgehead atoms. The first-order valence-electron chi connectivity index (χ1n) is 25.2. The van der Waals surface area contributed by atoms with E-state index in [1.807, 2.05) is 38.2 Å². The molecule has 8 rings (SSSR count). The molecule has 71 heavy (non-hydrogen) atoms. The van der Waals surface area contributed by atoms with Crippen LogP contribution in [0.4, 0.5) is 0 Å². The first-order chi connectivity index (χ1) is 33.9. The predicted octanol–water partition coefficient (Wildman–Crippen LogP) is 5.05. The fraction of sp³-hybridized carbons (Fsp3) is 0.527. The molecule has 0 spiro atoms. The Morgan fingerprint density at radius 1 is 1.00 bits per heavy atom. The fourth-order valence-corrected chi connectivity index (χ4v) is 10.7. The number of aromatic hydroxyl groups is 1. The van der Waals surface area contributed by atoms with Gasteiger partial charge in [-0.1, -0.05) is 59.6 Å². The quantitative estimate of drug-likeness (QED) is 0.159. The standard InChI is InChI=1S/C55H70N8O8/c1-34(2)48-41(12-9-18-56-48)50-43-31-55(5,6)33-71-54(69)44-13-10-20-63(58-44)53(68)45(28-36-26-39(29-40(64)27-36)37-15-16-46(59(50)7)42(43)30-37)57-51(66)49(35(3)4)60(8)52(67)38-17-21-62(32-38)47(65)14-11-19-61-22-24-70-25-23-61/h9,12,15-16,18,26-27,29-30,34-35,38,44-45,49,58,64H,10,13,17,19-25,28,31-33H2,1-8H3,(H,57,66)/t38-,44-,45-,49-/m0/s1. The van der Waals surface area contributed by atoms with Crippen molar-refractivity contribution in [2.75, 3.05) is 66.1 Å². The SMILES string of the molecule is CC(C)c1ncccc1-c1c2c3cc(ccc3n1C)-c1cc(O)cc(c1)C[C@H](NC(=O)[C@H](C(C)C)N(C)C(=O)[C@H]1CCN(C(=O)C#CCN3CCOCC3)C1)C(=O)N1CCC[C@H](N1)C(=O)OCC(C)(C)C2. The highest BCUT2D eigenvalue weighted by Crippen LogP contribution is 2.41. The van der Waals surface area contributed by atoms with Gasteiger partial charge in [-0.15, -0.1) is 0 Å². The number of carbonyl (C=O) groups is 5. The number of phenolic OH excluding ortho intramolecular Hbond substituents is 1. The van der Waals surface area contributed by atoms with Gasteiger partial charge in [-0.05, 0) is 102 Å². The van der Waals surface area contributed by atoms with E-state index in [9.17, 15) is 29.1 Å². The minimum atomic E-state index is -1.17. The molecule has 0 saturated carbocycles. The van der Waals surface area contributed by atoms with Gasteiger partial charge < -0.3 is 34.3 Å². The van der Waals surface area contributed by atoms with Gasteiger partial charge in [0.05, 0.1) is 43.7 Å². The minimum absolute atomic E-state index is 0.00645. The number of nitrogens with one attached hydrogen (secondary N) is 2. The van der Waals surface area contributed by atoms with Gasteiger partial charge in [-0.2, -0.15) is 0 Å². The number of ether oxygens (including phenoxy) is 2. The molecule has 0 aliphatic carbocycles. The van der Waals surface area contributed by atoms with Crippen LogP contribution in [0, 0.1) is 29.1 Å². The third-order valence-corrected chi connectivity index (χ3v) is 14.4. The molecule has 378 valence electrons. The van der Waals surface area contributed by atoms with Gasteiger partial charge in [0, 0.05) is 81.3 Å². The van der Waals surface area contributed by atoms with Gasteiger partial charge in [0.1, 0.15) is 23.9 Å². The Labute approximate surface area is 417 Å². The number of likely N-dealkylation sites (N-methyl/N-ethyl adjacent to an activating group) is 1. The summed E-state index contributed by atoms with van der Waals surface area (Å²) in [6.45, 7) is 16.4. The summed E-state index contributed by atoms with van der Waals surface area (Å²) in [5.74, 6) is 2.88. The number of pyridine rings is 1. The third-order valence-electron chi connectivity index (χ3n) is 14.4. The van der Waals surface area contributed by atoms with Gasteiger partial charge in [-0.3, -0.25) is 38.9 Å². The molecule has 2 aromatic heterocycles. The molecule has 6 heterocycles. The molecular weight excluding hydrogens is 901 g/mol. The molecular formula is C55H70N8O8. The van der Waals surface area contributed by atoms with E-state index < -0.39 is 47.2 Å². The number of hydrazine groups is 1. The summed E-state index contributed by atoms with van der Waals surface area (Å²) in [7, 11) is 3.65. The molecule has 4 aliphatic rings. The van der Waals surface area contributed by atoms with Crippen molar-refractivity contribution < 1.29 is 38.6 Å². The molecule has 16 heteroatoms. The highest BCUT2D eigenvalue weighted by Gasteiger charge is 2.40. The first-order valence-corrected chi connectivity index (χ1v) is 25.2. The number of rotatable bonds is 8. The lowest BCUT2D eigenvalue weighted by Crippen LogP contribution is -2.62. The monoisotopic (exact) mass is 971 g/mol. The van der Waals surface area contributed by atoms with E-state index in [2.05, 4.69) is 85.0 Å². The highest BCUT2D eigenvalue weighted by atomic mass is 16.5. The zero-order valence-corrected chi connectivity index (χ0v) is 42.5. The Kier molecular flexibility index (Phi) is 15.5. The molecule has 2 aromatic carbocycles. The zero-order valence-electron chi connectivity index (χ0n) is 42.5. The minimum Gasteiger partial charge on any atom is -0.508 e. The number of hydrogen-bond acceptors (Lipinski definition) is 11. The van der Waals surface area contributed by atoms with Crippen LogP contribution < -0.4 is 10.7 Å². The number of phenols is 1. The molecule has 4 atom stereocenters. The van der Waals surface area contributed by atoms with E-state index in [0.717, 1.165) is 57.6 Å². The summed E-state index contributed by atoms with van der Waals surface area (Å²) in [5, 5.41) is 16.8. The second kappa shape index (κ2) is 21.6. The van der Waals surface area contributed by atoms with E-state index >= 15 is 0 Å². The maximum atomic E-state index is 14.8. The maximum absolute atomic E-state index is 14.8. The topological polar surface area (TPSA) is 179 Å². The summed E-state index contributed by atoms with van der Waals surface area (Å²) >= 11 is 0. The normalized spacial score (nSPS) is 21.4. The molecule has 16 nitrogen and oxygen atoms in total. The van der Waals surface area contributed by atoms with Crippen molar-refractivity contribution in [1.29, 1.82) is 0 Å². The number of aromatic nitrogens is 2. The maximum Gasteiger partial charge on any atom is 0.324 e. The smallest absolute Gasteiger partial charge is 0.324 e. The van der Waals surface area contributed by atoms with E-state index in [0.29, 0.717) is 57.6 Å². The number of likely N-dealkylation sites (tertiary alicyclic amines) is 1. The molecule has 3 fully saturated rings. The Balaban J connectivity index is 1.10. The molecule has 4 aromatic rings. The van der Waals surface area contributed by atoms with Gasteiger partial charge >= 0.3 is 5.97 Å². The van der Waals surface area contributed by atoms with Gasteiger partial charge in [0.2, 0.25) is 11.8 Å². The molecule has 0 unspecified atom stereocenters.